The molecule has 0 radical (unpaired) electrons. The summed E-state index contributed by atoms with van der Waals surface area (Å²) in [5, 5.41) is 3.46. The summed E-state index contributed by atoms with van der Waals surface area (Å²) in [6, 6.07) is 0. The van der Waals surface area contributed by atoms with E-state index in [9.17, 15) is 0 Å². The van der Waals surface area contributed by atoms with Crippen LogP contribution in [-0.2, 0) is 22.3 Å². The van der Waals surface area contributed by atoms with Crippen LogP contribution in [0.15, 0.2) is 0 Å². The van der Waals surface area contributed by atoms with Crippen molar-refractivity contribution in [2.24, 2.45) is 5.92 Å². The normalized spacial score (nSPS) is 19.3. The first-order valence-corrected chi connectivity index (χ1v) is 7.74. The number of aromatic nitrogens is 2. The predicted octanol–water partition coefficient (Wildman–Crippen LogP) is 1.83. The first-order chi connectivity index (χ1) is 10.2. The number of nitrogens with zero attached hydrogens (tertiary/aromatic N) is 2. The Morgan fingerprint density at radius 1 is 1.33 bits per heavy atom. The minimum absolute atomic E-state index is 0.0394. The molecule has 1 heterocycles. The van der Waals surface area contributed by atoms with Gasteiger partial charge in [0.15, 0.2) is 5.82 Å². The molecule has 0 aliphatic heterocycles. The maximum Gasteiger partial charge on any atom is 0.157 e. The molecule has 0 aromatic carbocycles. The fourth-order valence-electron chi connectivity index (χ4n) is 2.82. The van der Waals surface area contributed by atoms with Gasteiger partial charge < -0.3 is 14.8 Å². The lowest BCUT2D eigenvalue weighted by Crippen LogP contribution is -2.30. The number of ether oxygens (including phenoxy) is 2. The second-order valence-corrected chi connectivity index (χ2v) is 5.78. The largest absolute Gasteiger partial charge is 0.383 e. The molecule has 0 amide bonds. The second-order valence-electron chi connectivity index (χ2n) is 5.78. The smallest absolute Gasteiger partial charge is 0.157 e. The molecule has 5 heteroatoms. The molecule has 0 saturated carbocycles. The van der Waals surface area contributed by atoms with Crippen molar-refractivity contribution in [3.63, 3.8) is 0 Å². The number of fused-ring (bicyclic) bond motifs is 1. The van der Waals surface area contributed by atoms with Crippen molar-refractivity contribution in [2.75, 3.05) is 33.9 Å². The quantitative estimate of drug-likeness (QED) is 0.777. The van der Waals surface area contributed by atoms with E-state index in [0.29, 0.717) is 5.92 Å². The van der Waals surface area contributed by atoms with Gasteiger partial charge in [-0.25, -0.2) is 9.97 Å². The Morgan fingerprint density at radius 3 is 2.86 bits per heavy atom. The molecule has 0 fully saturated rings. The number of hydrogen-bond donors (Lipinski definition) is 1. The van der Waals surface area contributed by atoms with Crippen LogP contribution in [0, 0.1) is 12.8 Å². The van der Waals surface area contributed by atoms with Crippen LogP contribution in [-0.4, -0.2) is 43.9 Å². The van der Waals surface area contributed by atoms with Crippen LogP contribution in [0.1, 0.15) is 42.2 Å². The van der Waals surface area contributed by atoms with E-state index in [-0.39, 0.29) is 6.10 Å². The van der Waals surface area contributed by atoms with Crippen molar-refractivity contribution in [1.82, 2.24) is 15.3 Å². The Kier molecular flexibility index (Phi) is 6.08. The van der Waals surface area contributed by atoms with Crippen LogP contribution >= 0.6 is 0 Å². The number of rotatable bonds is 7. The van der Waals surface area contributed by atoms with Gasteiger partial charge in [0.25, 0.3) is 0 Å². The molecule has 0 saturated heterocycles. The van der Waals surface area contributed by atoms with Crippen LogP contribution in [0.2, 0.25) is 0 Å². The third-order valence-corrected chi connectivity index (χ3v) is 4.23. The predicted molar refractivity (Wildman–Crippen MR) is 82.5 cm³/mol. The van der Waals surface area contributed by atoms with E-state index in [4.69, 9.17) is 14.5 Å². The van der Waals surface area contributed by atoms with Gasteiger partial charge in [-0.05, 0) is 51.1 Å². The van der Waals surface area contributed by atoms with Gasteiger partial charge in [0.1, 0.15) is 6.10 Å². The fourth-order valence-corrected chi connectivity index (χ4v) is 2.82. The van der Waals surface area contributed by atoms with Crippen LogP contribution in [0.25, 0.3) is 0 Å². The van der Waals surface area contributed by atoms with E-state index in [1.165, 1.54) is 17.7 Å². The van der Waals surface area contributed by atoms with Gasteiger partial charge >= 0.3 is 0 Å². The number of aryl methyl sites for hydroxylation is 2. The van der Waals surface area contributed by atoms with Gasteiger partial charge in [0.05, 0.1) is 6.61 Å². The zero-order valence-corrected chi connectivity index (χ0v) is 13.6. The van der Waals surface area contributed by atoms with E-state index in [2.05, 4.69) is 17.2 Å². The Labute approximate surface area is 127 Å². The molecule has 1 aliphatic rings. The molecule has 1 aromatic rings. The van der Waals surface area contributed by atoms with Crippen molar-refractivity contribution < 1.29 is 9.47 Å². The molecule has 0 bridgehead atoms. The molecule has 1 aromatic heterocycles. The molecule has 118 valence electrons. The highest BCUT2D eigenvalue weighted by atomic mass is 16.5. The molecular formula is C16H27N3O2. The first-order valence-electron chi connectivity index (χ1n) is 7.74. The Balaban J connectivity index is 2.01. The highest BCUT2D eigenvalue weighted by Gasteiger charge is 2.23. The summed E-state index contributed by atoms with van der Waals surface area (Å²) in [4.78, 5) is 9.34. The minimum Gasteiger partial charge on any atom is -0.383 e. The first kappa shape index (κ1) is 16.3. The van der Waals surface area contributed by atoms with Crippen LogP contribution in [0.3, 0.4) is 0 Å². The van der Waals surface area contributed by atoms with Crippen LogP contribution < -0.4 is 5.32 Å². The zero-order valence-electron chi connectivity index (χ0n) is 13.6. The van der Waals surface area contributed by atoms with Gasteiger partial charge in [-0.3, -0.25) is 0 Å². The van der Waals surface area contributed by atoms with E-state index < -0.39 is 0 Å². The monoisotopic (exact) mass is 293 g/mol. The van der Waals surface area contributed by atoms with E-state index in [1.807, 2.05) is 6.92 Å². The zero-order chi connectivity index (χ0) is 15.2. The highest BCUT2D eigenvalue weighted by molar-refractivity contribution is 5.28. The number of hydrogen-bond acceptors (Lipinski definition) is 5. The summed E-state index contributed by atoms with van der Waals surface area (Å²) in [6.07, 6.45) is 3.26. The second kappa shape index (κ2) is 7.82. The van der Waals surface area contributed by atoms with Crippen molar-refractivity contribution in [3.05, 3.63) is 22.8 Å². The van der Waals surface area contributed by atoms with Crippen LogP contribution in [0.4, 0.5) is 0 Å². The summed E-state index contributed by atoms with van der Waals surface area (Å²) >= 11 is 0. The number of methoxy groups -OCH3 is 2. The van der Waals surface area contributed by atoms with E-state index >= 15 is 0 Å². The maximum atomic E-state index is 5.33. The van der Waals surface area contributed by atoms with Crippen molar-refractivity contribution >= 4 is 0 Å². The molecule has 2 rings (SSSR count). The molecule has 2 atom stereocenters. The van der Waals surface area contributed by atoms with Gasteiger partial charge in [-0.15, -0.1) is 0 Å². The van der Waals surface area contributed by atoms with Gasteiger partial charge in [0, 0.05) is 32.2 Å². The summed E-state index contributed by atoms with van der Waals surface area (Å²) < 4.78 is 10.4. The minimum atomic E-state index is -0.0394. The summed E-state index contributed by atoms with van der Waals surface area (Å²) in [7, 11) is 3.43. The fraction of sp³-hybridized carbons (Fsp3) is 0.750. The molecule has 1 N–H and O–H groups in total. The van der Waals surface area contributed by atoms with Crippen molar-refractivity contribution in [3.8, 4) is 0 Å². The van der Waals surface area contributed by atoms with Crippen molar-refractivity contribution in [2.45, 2.75) is 39.2 Å². The Bertz CT molecular complexity index is 465. The lowest BCUT2D eigenvalue weighted by molar-refractivity contribution is 0.111. The molecule has 21 heavy (non-hydrogen) atoms. The van der Waals surface area contributed by atoms with Gasteiger partial charge in [0.2, 0.25) is 0 Å². The lowest BCUT2D eigenvalue weighted by atomic mass is 9.85. The van der Waals surface area contributed by atoms with Gasteiger partial charge in [-0.1, -0.05) is 0 Å². The standard InChI is InChI=1S/C16H27N3O2/c1-11-14-9-13(10-17-7-8-20-3)5-6-15(14)19-16(18-11)12(2)21-4/h12-13,17H,5-10H2,1-4H3. The van der Waals surface area contributed by atoms with E-state index in [1.54, 1.807) is 14.2 Å². The Morgan fingerprint density at radius 2 is 2.14 bits per heavy atom. The molecule has 0 spiro atoms. The van der Waals surface area contributed by atoms with E-state index in [0.717, 1.165) is 44.1 Å². The molecule has 2 unspecified atom stereocenters. The lowest BCUT2D eigenvalue weighted by Gasteiger charge is -2.26. The van der Waals surface area contributed by atoms with Crippen molar-refractivity contribution in [1.29, 1.82) is 0 Å². The number of nitrogens with one attached hydrogen (secondary N) is 1. The third-order valence-electron chi connectivity index (χ3n) is 4.23. The molecular weight excluding hydrogens is 266 g/mol. The highest BCUT2D eigenvalue weighted by Crippen LogP contribution is 2.27. The Hall–Kier alpha value is -1.04. The van der Waals surface area contributed by atoms with Gasteiger partial charge in [-0.2, -0.15) is 0 Å². The SMILES string of the molecule is COCCNCC1CCc2nc(C(C)OC)nc(C)c2C1. The maximum absolute atomic E-state index is 5.33. The molecule has 1 aliphatic carbocycles. The third kappa shape index (κ3) is 4.22. The summed E-state index contributed by atoms with van der Waals surface area (Å²) in [5.41, 5.74) is 3.67. The topological polar surface area (TPSA) is 56.3 Å². The average Bonchev–Trinajstić information content (AvgIpc) is 2.51. The average molecular weight is 293 g/mol. The molecule has 5 nitrogen and oxygen atoms in total. The summed E-state index contributed by atoms with van der Waals surface area (Å²) in [6.45, 7) is 6.81. The van der Waals surface area contributed by atoms with Crippen LogP contribution in [0.5, 0.6) is 0 Å². The summed E-state index contributed by atoms with van der Waals surface area (Å²) in [5.74, 6) is 1.48.